The minimum Gasteiger partial charge on any atom is -0.467 e. The number of carbonyl (C=O) groups excluding carboxylic acids is 2. The molecule has 1 amide bonds. The van der Waals surface area contributed by atoms with Crippen molar-refractivity contribution in [2.24, 2.45) is 5.92 Å². The summed E-state index contributed by atoms with van der Waals surface area (Å²) in [7, 11) is 1.28. The molecule has 0 aromatic carbocycles. The first-order valence-corrected chi connectivity index (χ1v) is 7.94. The van der Waals surface area contributed by atoms with Crippen LogP contribution in [0.15, 0.2) is 11.4 Å². The van der Waals surface area contributed by atoms with Gasteiger partial charge in [0.15, 0.2) is 10.9 Å². The zero-order chi connectivity index (χ0) is 16.0. The summed E-state index contributed by atoms with van der Waals surface area (Å²) >= 11 is 7.24. The molecule has 1 aromatic heterocycles. The highest BCUT2D eigenvalue weighted by Crippen LogP contribution is 2.17. The van der Waals surface area contributed by atoms with Gasteiger partial charge in [-0.3, -0.25) is 4.79 Å². The van der Waals surface area contributed by atoms with E-state index in [0.29, 0.717) is 11.6 Å². The predicted molar refractivity (Wildman–Crippen MR) is 81.5 cm³/mol. The summed E-state index contributed by atoms with van der Waals surface area (Å²) in [6.45, 7) is 3.90. The number of amides is 1. The van der Waals surface area contributed by atoms with E-state index >= 15 is 0 Å². The summed E-state index contributed by atoms with van der Waals surface area (Å²) < 4.78 is 4.70. The number of hydrogen-bond acceptors (Lipinski definition) is 6. The van der Waals surface area contributed by atoms with Crippen molar-refractivity contribution in [2.45, 2.75) is 31.5 Å². The summed E-state index contributed by atoms with van der Waals surface area (Å²) in [5.74, 6) is -0.793. The third kappa shape index (κ3) is 5.17. The van der Waals surface area contributed by atoms with Gasteiger partial charge in [0.2, 0.25) is 0 Å². The highest BCUT2D eigenvalue weighted by molar-refractivity contribution is 7.98. The van der Waals surface area contributed by atoms with E-state index in [1.165, 1.54) is 25.1 Å². The van der Waals surface area contributed by atoms with E-state index in [0.717, 1.165) is 0 Å². The Kier molecular flexibility index (Phi) is 6.91. The molecule has 1 heterocycles. The fourth-order valence-electron chi connectivity index (χ4n) is 1.66. The van der Waals surface area contributed by atoms with Gasteiger partial charge < -0.3 is 10.1 Å². The van der Waals surface area contributed by atoms with Crippen LogP contribution < -0.4 is 5.32 Å². The van der Waals surface area contributed by atoms with Crippen LogP contribution in [0.2, 0.25) is 5.02 Å². The molecule has 0 spiro atoms. The quantitative estimate of drug-likeness (QED) is 0.489. The van der Waals surface area contributed by atoms with Gasteiger partial charge in [-0.05, 0) is 18.6 Å². The van der Waals surface area contributed by atoms with Crippen molar-refractivity contribution in [3.05, 3.63) is 16.9 Å². The molecule has 1 N–H and O–H groups in total. The van der Waals surface area contributed by atoms with E-state index in [4.69, 9.17) is 16.3 Å². The Hall–Kier alpha value is -1.34. The first kappa shape index (κ1) is 17.7. The Balaban J connectivity index is 2.93. The molecular formula is C13H18ClN3O3S. The Morgan fingerprint density at radius 2 is 2.14 bits per heavy atom. The molecule has 21 heavy (non-hydrogen) atoms. The molecule has 6 nitrogen and oxygen atoms in total. The van der Waals surface area contributed by atoms with Gasteiger partial charge in [-0.15, -0.1) is 0 Å². The lowest BCUT2D eigenvalue weighted by Gasteiger charge is -2.18. The van der Waals surface area contributed by atoms with Gasteiger partial charge in [-0.1, -0.05) is 37.2 Å². The summed E-state index contributed by atoms with van der Waals surface area (Å²) in [5.41, 5.74) is 0.0497. The molecule has 8 heteroatoms. The number of carbonyl (C=O) groups is 2. The number of halogens is 1. The topological polar surface area (TPSA) is 81.2 Å². The average molecular weight is 332 g/mol. The van der Waals surface area contributed by atoms with Crippen molar-refractivity contribution in [2.75, 3.05) is 13.4 Å². The molecule has 0 bridgehead atoms. The summed E-state index contributed by atoms with van der Waals surface area (Å²) in [6.07, 6.45) is 3.63. The number of nitrogens with zero attached hydrogens (tertiary/aromatic N) is 2. The smallest absolute Gasteiger partial charge is 0.328 e. The maximum atomic E-state index is 12.2. The van der Waals surface area contributed by atoms with Crippen LogP contribution in [0.1, 0.15) is 30.8 Å². The number of ether oxygens (including phenoxy) is 1. The lowest BCUT2D eigenvalue weighted by Crippen LogP contribution is -2.42. The van der Waals surface area contributed by atoms with Crippen LogP contribution in [0.3, 0.4) is 0 Å². The molecular weight excluding hydrogens is 314 g/mol. The van der Waals surface area contributed by atoms with E-state index in [-0.39, 0.29) is 16.6 Å². The van der Waals surface area contributed by atoms with Crippen LogP contribution in [0.25, 0.3) is 0 Å². The van der Waals surface area contributed by atoms with Crippen molar-refractivity contribution < 1.29 is 14.3 Å². The molecule has 0 saturated heterocycles. The highest BCUT2D eigenvalue weighted by Gasteiger charge is 2.25. The molecule has 0 aliphatic rings. The molecule has 1 unspecified atom stereocenters. The van der Waals surface area contributed by atoms with Gasteiger partial charge >= 0.3 is 5.97 Å². The van der Waals surface area contributed by atoms with Gasteiger partial charge in [0.25, 0.3) is 5.91 Å². The summed E-state index contributed by atoms with van der Waals surface area (Å²) in [5, 5.41) is 3.18. The summed E-state index contributed by atoms with van der Waals surface area (Å²) in [4.78, 5) is 32.0. The fourth-order valence-corrected chi connectivity index (χ4v) is 2.18. The molecule has 1 atom stereocenters. The lowest BCUT2D eigenvalue weighted by molar-refractivity contribution is -0.143. The Labute approximate surface area is 133 Å². The molecule has 1 aromatic rings. The zero-order valence-corrected chi connectivity index (χ0v) is 13.9. The van der Waals surface area contributed by atoms with Gasteiger partial charge in [0.05, 0.1) is 18.3 Å². The molecule has 1 rings (SSSR count). The molecule has 0 radical (unpaired) electrons. The van der Waals surface area contributed by atoms with Crippen LogP contribution in [-0.2, 0) is 9.53 Å². The van der Waals surface area contributed by atoms with Gasteiger partial charge in [-0.2, -0.15) is 0 Å². The normalized spacial score (nSPS) is 12.1. The number of methoxy groups -OCH3 is 1. The van der Waals surface area contributed by atoms with Crippen molar-refractivity contribution in [1.82, 2.24) is 15.3 Å². The van der Waals surface area contributed by atoms with Gasteiger partial charge in [0.1, 0.15) is 6.04 Å². The second-order valence-electron chi connectivity index (χ2n) is 4.73. The monoisotopic (exact) mass is 331 g/mol. The van der Waals surface area contributed by atoms with Crippen LogP contribution in [-0.4, -0.2) is 41.3 Å². The largest absolute Gasteiger partial charge is 0.467 e. The number of rotatable bonds is 6. The van der Waals surface area contributed by atoms with Crippen LogP contribution in [0.5, 0.6) is 0 Å². The van der Waals surface area contributed by atoms with Crippen molar-refractivity contribution >= 4 is 35.2 Å². The molecule has 0 fully saturated rings. The van der Waals surface area contributed by atoms with Crippen molar-refractivity contribution in [3.63, 3.8) is 0 Å². The highest BCUT2D eigenvalue weighted by atomic mass is 35.5. The van der Waals surface area contributed by atoms with Gasteiger partial charge in [-0.25, -0.2) is 14.8 Å². The first-order chi connectivity index (χ1) is 9.88. The Bertz CT molecular complexity index is 525. The standard InChI is InChI=1S/C13H18ClN3O3S/c1-7(2)5-9(12(19)20-3)16-11(18)10-8(14)6-15-13(17-10)21-4/h6-7,9H,5H2,1-4H3,(H,16,18). The number of aromatic nitrogens is 2. The minimum absolute atomic E-state index is 0.0497. The molecule has 0 aliphatic carbocycles. The zero-order valence-electron chi connectivity index (χ0n) is 12.3. The number of nitrogens with one attached hydrogen (secondary N) is 1. The molecule has 0 saturated carbocycles. The maximum Gasteiger partial charge on any atom is 0.328 e. The third-order valence-electron chi connectivity index (χ3n) is 2.62. The van der Waals surface area contributed by atoms with Crippen molar-refractivity contribution in [1.29, 1.82) is 0 Å². The van der Waals surface area contributed by atoms with Crippen LogP contribution >= 0.6 is 23.4 Å². The second-order valence-corrected chi connectivity index (χ2v) is 5.91. The maximum absolute atomic E-state index is 12.2. The van der Waals surface area contributed by atoms with Crippen LogP contribution in [0.4, 0.5) is 0 Å². The predicted octanol–water partition coefficient (Wildman–Crippen LogP) is 2.17. The van der Waals surface area contributed by atoms with E-state index in [1.54, 1.807) is 6.26 Å². The Morgan fingerprint density at radius 1 is 1.48 bits per heavy atom. The SMILES string of the molecule is COC(=O)C(CC(C)C)NC(=O)c1nc(SC)ncc1Cl. The van der Waals surface area contributed by atoms with Gasteiger partial charge in [0, 0.05) is 0 Å². The third-order valence-corrected chi connectivity index (χ3v) is 3.46. The molecule has 116 valence electrons. The van der Waals surface area contributed by atoms with E-state index < -0.39 is 17.9 Å². The minimum atomic E-state index is -0.730. The number of hydrogen-bond donors (Lipinski definition) is 1. The average Bonchev–Trinajstić information content (AvgIpc) is 2.45. The second kappa shape index (κ2) is 8.19. The fraction of sp³-hybridized carbons (Fsp3) is 0.538. The van der Waals surface area contributed by atoms with Crippen LogP contribution in [0, 0.1) is 5.92 Å². The lowest BCUT2D eigenvalue weighted by atomic mass is 10.0. The van der Waals surface area contributed by atoms with Crippen molar-refractivity contribution in [3.8, 4) is 0 Å². The number of esters is 1. The molecule has 0 aliphatic heterocycles. The first-order valence-electron chi connectivity index (χ1n) is 6.34. The van der Waals surface area contributed by atoms with E-state index in [1.807, 2.05) is 13.8 Å². The Morgan fingerprint density at radius 3 is 2.67 bits per heavy atom. The van der Waals surface area contributed by atoms with E-state index in [2.05, 4.69) is 15.3 Å². The summed E-state index contributed by atoms with van der Waals surface area (Å²) in [6, 6.07) is -0.730. The number of thioether (sulfide) groups is 1. The van der Waals surface area contributed by atoms with E-state index in [9.17, 15) is 9.59 Å².